The van der Waals surface area contributed by atoms with E-state index in [0.717, 1.165) is 59.5 Å². The molecule has 2 N–H and O–H groups in total. The van der Waals surface area contributed by atoms with Crippen LogP contribution in [0.15, 0.2) is 60.7 Å². The summed E-state index contributed by atoms with van der Waals surface area (Å²) in [5.41, 5.74) is 3.76. The Hall–Kier alpha value is -2.88. The van der Waals surface area contributed by atoms with E-state index >= 15 is 0 Å². The SMILES string of the molecule is O=C(Nc1nc(-c2ccccc2)c(-c2ccccc2)[nH]1)C12CC3CC(CC(C3)C1)C2. The summed E-state index contributed by atoms with van der Waals surface area (Å²) >= 11 is 0. The summed E-state index contributed by atoms with van der Waals surface area (Å²) in [6.45, 7) is 0. The summed E-state index contributed by atoms with van der Waals surface area (Å²) in [7, 11) is 0. The van der Waals surface area contributed by atoms with Crippen molar-refractivity contribution in [1.29, 1.82) is 0 Å². The molecule has 4 nitrogen and oxygen atoms in total. The highest BCUT2D eigenvalue weighted by Gasteiger charge is 2.54. The fourth-order valence-corrected chi connectivity index (χ4v) is 6.68. The van der Waals surface area contributed by atoms with E-state index in [2.05, 4.69) is 34.6 Å². The fraction of sp³-hybridized carbons (Fsp3) is 0.385. The van der Waals surface area contributed by atoms with Gasteiger partial charge in [-0.25, -0.2) is 4.98 Å². The number of nitrogens with one attached hydrogen (secondary N) is 2. The number of H-pyrrole nitrogens is 1. The summed E-state index contributed by atoms with van der Waals surface area (Å²) in [5.74, 6) is 2.98. The molecule has 4 bridgehead atoms. The molecule has 1 heterocycles. The third kappa shape index (κ3) is 2.97. The van der Waals surface area contributed by atoms with Gasteiger partial charge >= 0.3 is 0 Å². The average Bonchev–Trinajstić information content (AvgIpc) is 3.18. The predicted octanol–water partition coefficient (Wildman–Crippen LogP) is 5.90. The highest BCUT2D eigenvalue weighted by Crippen LogP contribution is 2.60. The van der Waals surface area contributed by atoms with Crippen molar-refractivity contribution < 1.29 is 4.79 Å². The molecule has 152 valence electrons. The first-order valence-corrected chi connectivity index (χ1v) is 11.2. The van der Waals surface area contributed by atoms with Gasteiger partial charge in [0.15, 0.2) is 0 Å². The molecule has 1 amide bonds. The van der Waals surface area contributed by atoms with Gasteiger partial charge in [0.2, 0.25) is 11.9 Å². The van der Waals surface area contributed by atoms with Gasteiger partial charge in [0.25, 0.3) is 0 Å². The van der Waals surface area contributed by atoms with Gasteiger partial charge in [0.1, 0.15) is 0 Å². The number of hydrogen-bond acceptors (Lipinski definition) is 2. The van der Waals surface area contributed by atoms with Crippen LogP contribution in [0, 0.1) is 23.2 Å². The number of hydrogen-bond donors (Lipinski definition) is 2. The van der Waals surface area contributed by atoms with Crippen molar-refractivity contribution >= 4 is 11.9 Å². The second kappa shape index (κ2) is 6.83. The minimum atomic E-state index is -0.179. The number of aromatic nitrogens is 2. The van der Waals surface area contributed by atoms with Crippen LogP contribution in [-0.4, -0.2) is 15.9 Å². The Morgan fingerprint density at radius 1 is 0.833 bits per heavy atom. The van der Waals surface area contributed by atoms with Crippen molar-refractivity contribution in [1.82, 2.24) is 9.97 Å². The molecule has 7 rings (SSSR count). The van der Waals surface area contributed by atoms with E-state index < -0.39 is 0 Å². The maximum absolute atomic E-state index is 13.5. The van der Waals surface area contributed by atoms with Gasteiger partial charge < -0.3 is 4.98 Å². The standard InChI is InChI=1S/C26H27N3O/c30-24(26-14-17-11-18(15-26)13-19(12-17)16-26)29-25-27-22(20-7-3-1-4-8-20)23(28-25)21-9-5-2-6-10-21/h1-10,17-19H,11-16H2,(H2,27,28,29,30). The lowest BCUT2D eigenvalue weighted by Gasteiger charge is -2.55. The monoisotopic (exact) mass is 397 g/mol. The minimum absolute atomic E-state index is 0.176. The molecular weight excluding hydrogens is 370 g/mol. The summed E-state index contributed by atoms with van der Waals surface area (Å²) in [4.78, 5) is 21.7. The number of benzene rings is 2. The number of amides is 1. The smallest absolute Gasteiger partial charge is 0.232 e. The first kappa shape index (κ1) is 17.9. The molecule has 0 radical (unpaired) electrons. The first-order valence-electron chi connectivity index (χ1n) is 11.2. The zero-order chi connectivity index (χ0) is 20.1. The number of aromatic amines is 1. The van der Waals surface area contributed by atoms with E-state index in [4.69, 9.17) is 4.98 Å². The summed E-state index contributed by atoms with van der Waals surface area (Å²) in [6, 6.07) is 20.4. The Kier molecular flexibility index (Phi) is 4.08. The Labute approximate surface area is 177 Å². The van der Waals surface area contributed by atoms with E-state index in [9.17, 15) is 4.79 Å². The Morgan fingerprint density at radius 3 is 1.93 bits per heavy atom. The molecular formula is C26H27N3O. The van der Waals surface area contributed by atoms with E-state index in [-0.39, 0.29) is 11.3 Å². The number of imidazole rings is 1. The molecule has 2 aromatic carbocycles. The number of carbonyl (C=O) groups is 1. The second-order valence-corrected chi connectivity index (χ2v) is 9.69. The summed E-state index contributed by atoms with van der Waals surface area (Å²) in [5, 5.41) is 3.19. The highest BCUT2D eigenvalue weighted by atomic mass is 16.2. The highest BCUT2D eigenvalue weighted by molar-refractivity contribution is 5.95. The topological polar surface area (TPSA) is 57.8 Å². The van der Waals surface area contributed by atoms with Crippen LogP contribution in [-0.2, 0) is 4.79 Å². The number of anilines is 1. The zero-order valence-corrected chi connectivity index (χ0v) is 17.1. The van der Waals surface area contributed by atoms with Gasteiger partial charge in [0.05, 0.1) is 16.8 Å². The molecule has 1 aromatic heterocycles. The fourth-order valence-electron chi connectivity index (χ4n) is 6.68. The van der Waals surface area contributed by atoms with Gasteiger partial charge in [0, 0.05) is 11.1 Å². The number of nitrogens with zero attached hydrogens (tertiary/aromatic N) is 1. The van der Waals surface area contributed by atoms with Crippen LogP contribution >= 0.6 is 0 Å². The molecule has 0 atom stereocenters. The van der Waals surface area contributed by atoms with Crippen molar-refractivity contribution in [3.8, 4) is 22.5 Å². The van der Waals surface area contributed by atoms with Crippen LogP contribution in [0.25, 0.3) is 22.5 Å². The van der Waals surface area contributed by atoms with Crippen LogP contribution in [0.1, 0.15) is 38.5 Å². The molecule has 4 saturated carbocycles. The van der Waals surface area contributed by atoms with E-state index in [1.54, 1.807) is 0 Å². The molecule has 0 aliphatic heterocycles. The van der Waals surface area contributed by atoms with Crippen LogP contribution in [0.5, 0.6) is 0 Å². The third-order valence-electron chi connectivity index (χ3n) is 7.57. The first-order chi connectivity index (χ1) is 14.7. The molecule has 4 heteroatoms. The van der Waals surface area contributed by atoms with Crippen LogP contribution in [0.4, 0.5) is 5.95 Å². The Balaban J connectivity index is 1.34. The van der Waals surface area contributed by atoms with Gasteiger partial charge in [-0.1, -0.05) is 60.7 Å². The summed E-state index contributed by atoms with van der Waals surface area (Å²) in [6.07, 6.45) is 7.19. The molecule has 4 aliphatic rings. The Bertz CT molecular complexity index is 978. The quantitative estimate of drug-likeness (QED) is 0.576. The molecule has 4 aliphatic carbocycles. The van der Waals surface area contributed by atoms with Gasteiger partial charge in [-0.3, -0.25) is 10.1 Å². The predicted molar refractivity (Wildman–Crippen MR) is 119 cm³/mol. The second-order valence-electron chi connectivity index (χ2n) is 9.69. The zero-order valence-electron chi connectivity index (χ0n) is 17.1. The molecule has 3 aromatic rings. The van der Waals surface area contributed by atoms with Gasteiger partial charge in [-0.15, -0.1) is 0 Å². The van der Waals surface area contributed by atoms with Gasteiger partial charge in [-0.2, -0.15) is 0 Å². The van der Waals surface area contributed by atoms with E-state index in [1.165, 1.54) is 19.3 Å². The molecule has 0 spiro atoms. The lowest BCUT2D eigenvalue weighted by Crippen LogP contribution is -2.51. The largest absolute Gasteiger partial charge is 0.323 e. The average molecular weight is 398 g/mol. The normalized spacial score (nSPS) is 29.1. The van der Waals surface area contributed by atoms with Crippen LogP contribution in [0.2, 0.25) is 0 Å². The molecule has 0 saturated heterocycles. The van der Waals surface area contributed by atoms with Crippen LogP contribution in [0.3, 0.4) is 0 Å². The van der Waals surface area contributed by atoms with Crippen molar-refractivity contribution in [2.45, 2.75) is 38.5 Å². The lowest BCUT2D eigenvalue weighted by molar-refractivity contribution is -0.140. The van der Waals surface area contributed by atoms with E-state index in [0.29, 0.717) is 5.95 Å². The maximum atomic E-state index is 13.5. The van der Waals surface area contributed by atoms with E-state index in [1.807, 2.05) is 36.4 Å². The van der Waals surface area contributed by atoms with Crippen molar-refractivity contribution in [2.75, 3.05) is 5.32 Å². The minimum Gasteiger partial charge on any atom is -0.323 e. The lowest BCUT2D eigenvalue weighted by atomic mass is 9.49. The number of rotatable bonds is 4. The Morgan fingerprint density at radius 2 is 1.37 bits per heavy atom. The number of carbonyl (C=O) groups excluding carboxylic acids is 1. The van der Waals surface area contributed by atoms with Gasteiger partial charge in [-0.05, 0) is 56.3 Å². The van der Waals surface area contributed by atoms with Crippen molar-refractivity contribution in [2.24, 2.45) is 23.2 Å². The summed E-state index contributed by atoms with van der Waals surface area (Å²) < 4.78 is 0. The molecule has 4 fully saturated rings. The maximum Gasteiger partial charge on any atom is 0.232 e. The van der Waals surface area contributed by atoms with Crippen molar-refractivity contribution in [3.63, 3.8) is 0 Å². The molecule has 0 unspecified atom stereocenters. The van der Waals surface area contributed by atoms with Crippen LogP contribution < -0.4 is 5.32 Å². The third-order valence-corrected chi connectivity index (χ3v) is 7.57. The van der Waals surface area contributed by atoms with Crippen molar-refractivity contribution in [3.05, 3.63) is 60.7 Å². The molecule has 30 heavy (non-hydrogen) atoms.